The lowest BCUT2D eigenvalue weighted by Crippen LogP contribution is -2.03. The lowest BCUT2D eigenvalue weighted by Gasteiger charge is -2.09. The minimum absolute atomic E-state index is 0.371. The van der Waals surface area contributed by atoms with Crippen LogP contribution in [-0.2, 0) is 4.74 Å². The Morgan fingerprint density at radius 3 is 3.18 bits per heavy atom. The van der Waals surface area contributed by atoms with E-state index in [4.69, 9.17) is 4.74 Å². The van der Waals surface area contributed by atoms with Gasteiger partial charge in [-0.25, -0.2) is 0 Å². The van der Waals surface area contributed by atoms with Crippen LogP contribution in [0.2, 0.25) is 0 Å². The van der Waals surface area contributed by atoms with Crippen LogP contribution in [0.25, 0.3) is 0 Å². The summed E-state index contributed by atoms with van der Waals surface area (Å²) in [6.07, 6.45) is 5.34. The highest BCUT2D eigenvalue weighted by molar-refractivity contribution is 7.42. The lowest BCUT2D eigenvalue weighted by atomic mass is 10.1. The van der Waals surface area contributed by atoms with Gasteiger partial charge in [0.2, 0.25) is 0 Å². The smallest absolute Gasteiger partial charge is 0.137 e. The molecule has 1 atom stereocenters. The first-order valence-corrected chi connectivity index (χ1v) is 4.83. The van der Waals surface area contributed by atoms with Gasteiger partial charge in [0.05, 0.1) is 0 Å². The van der Waals surface area contributed by atoms with E-state index >= 15 is 0 Å². The first-order valence-electron chi connectivity index (χ1n) is 3.87. The largest absolute Gasteiger partial charge is 0.481 e. The first kappa shape index (κ1) is 7.12. The molecular formula is C9H11OP. The van der Waals surface area contributed by atoms with Crippen molar-refractivity contribution in [2.45, 2.75) is 26.1 Å². The van der Waals surface area contributed by atoms with Gasteiger partial charge in [-0.2, -0.15) is 0 Å². The van der Waals surface area contributed by atoms with Crippen LogP contribution in [0.3, 0.4) is 0 Å². The summed E-state index contributed by atoms with van der Waals surface area (Å²) in [6.45, 7) is 4.28. The molecule has 0 N–H and O–H groups in total. The van der Waals surface area contributed by atoms with Gasteiger partial charge in [-0.1, -0.05) is 19.9 Å². The van der Waals surface area contributed by atoms with Crippen LogP contribution in [0.5, 0.6) is 0 Å². The normalized spacial score (nSPS) is 29.6. The van der Waals surface area contributed by atoms with Crippen LogP contribution >= 0.6 is 8.20 Å². The van der Waals surface area contributed by atoms with Gasteiger partial charge < -0.3 is 4.74 Å². The molecule has 1 unspecified atom stereocenters. The summed E-state index contributed by atoms with van der Waals surface area (Å²) >= 11 is 0. The van der Waals surface area contributed by atoms with Crippen LogP contribution in [0.1, 0.15) is 20.3 Å². The summed E-state index contributed by atoms with van der Waals surface area (Å²) in [5.74, 6) is 1.49. The van der Waals surface area contributed by atoms with Crippen LogP contribution in [-0.4, -0.2) is 11.1 Å². The monoisotopic (exact) mass is 166 g/mol. The highest BCUT2D eigenvalue weighted by atomic mass is 31.1. The summed E-state index contributed by atoms with van der Waals surface area (Å²) in [5.41, 5.74) is 1.44. The fourth-order valence-corrected chi connectivity index (χ4v) is 2.57. The molecule has 2 heteroatoms. The van der Waals surface area contributed by atoms with Gasteiger partial charge in [-0.15, -0.1) is 0 Å². The molecule has 11 heavy (non-hydrogen) atoms. The Labute approximate surface area is 68.6 Å². The fourth-order valence-electron chi connectivity index (χ4n) is 1.37. The Hall–Kier alpha value is -0.550. The van der Waals surface area contributed by atoms with E-state index in [-0.39, 0.29) is 0 Å². The Balaban J connectivity index is 2.32. The summed E-state index contributed by atoms with van der Waals surface area (Å²) in [6, 6.07) is 0. The lowest BCUT2D eigenvalue weighted by molar-refractivity contribution is 0.225. The zero-order chi connectivity index (χ0) is 7.84. The highest BCUT2D eigenvalue weighted by Crippen LogP contribution is 2.32. The second kappa shape index (κ2) is 2.49. The molecular weight excluding hydrogens is 155 g/mol. The molecule has 1 heterocycles. The van der Waals surface area contributed by atoms with Crippen molar-refractivity contribution >= 4 is 13.5 Å². The third kappa shape index (κ3) is 1.25. The Bertz CT molecular complexity index is 273. The van der Waals surface area contributed by atoms with E-state index in [1.807, 2.05) is 0 Å². The first-order chi connectivity index (χ1) is 5.25. The molecule has 0 spiro atoms. The minimum Gasteiger partial charge on any atom is -0.481 e. The van der Waals surface area contributed by atoms with Gasteiger partial charge in [0, 0.05) is 11.7 Å². The summed E-state index contributed by atoms with van der Waals surface area (Å²) in [7, 11) is 1.36. The minimum atomic E-state index is 0.371. The Kier molecular flexibility index (Phi) is 1.61. The maximum Gasteiger partial charge on any atom is 0.137 e. The van der Waals surface area contributed by atoms with Crippen molar-refractivity contribution < 1.29 is 4.74 Å². The molecule has 1 aliphatic heterocycles. The third-order valence-electron chi connectivity index (χ3n) is 1.89. The van der Waals surface area contributed by atoms with Crippen LogP contribution < -0.4 is 0 Å². The number of hydrogen-bond acceptors (Lipinski definition) is 1. The summed E-state index contributed by atoms with van der Waals surface area (Å²) in [4.78, 5) is 0. The molecule has 2 rings (SSSR count). The van der Waals surface area contributed by atoms with Gasteiger partial charge >= 0.3 is 0 Å². The van der Waals surface area contributed by atoms with Crippen molar-refractivity contribution in [3.63, 3.8) is 0 Å². The van der Waals surface area contributed by atoms with Crippen LogP contribution in [0.4, 0.5) is 0 Å². The molecule has 0 amide bonds. The Morgan fingerprint density at radius 1 is 1.55 bits per heavy atom. The van der Waals surface area contributed by atoms with Gasteiger partial charge in [0.15, 0.2) is 0 Å². The standard InChI is InChI=1S/C9H11OP/c1-6-3-4-8-9(5-6)11-7(2)10-8/h3-4,7H,5H2,1-2H3. The third-order valence-corrected chi connectivity index (χ3v) is 3.04. The predicted octanol–water partition coefficient (Wildman–Crippen LogP) is 2.72. The number of rotatable bonds is 0. The quantitative estimate of drug-likeness (QED) is 0.503. The molecule has 0 fully saturated rings. The number of hydrogen-bond donors (Lipinski definition) is 0. The average Bonchev–Trinajstić information content (AvgIpc) is 2.27. The van der Waals surface area contributed by atoms with Gasteiger partial charge in [0.1, 0.15) is 11.6 Å². The van der Waals surface area contributed by atoms with E-state index in [9.17, 15) is 0 Å². The highest BCUT2D eigenvalue weighted by Gasteiger charge is 2.20. The second-order valence-electron chi connectivity index (χ2n) is 3.01. The van der Waals surface area contributed by atoms with E-state index in [0.29, 0.717) is 5.85 Å². The van der Waals surface area contributed by atoms with E-state index in [1.165, 1.54) is 19.1 Å². The molecule has 0 radical (unpaired) electrons. The molecule has 0 saturated heterocycles. The van der Waals surface area contributed by atoms with Crippen molar-refractivity contribution in [1.29, 1.82) is 0 Å². The van der Waals surface area contributed by atoms with Crippen molar-refractivity contribution in [2.24, 2.45) is 0 Å². The van der Waals surface area contributed by atoms with Crippen molar-refractivity contribution in [3.05, 3.63) is 23.5 Å². The predicted molar refractivity (Wildman–Crippen MR) is 48.9 cm³/mol. The molecule has 2 aliphatic rings. The molecule has 0 saturated carbocycles. The van der Waals surface area contributed by atoms with E-state index in [2.05, 4.69) is 26.0 Å². The second-order valence-corrected chi connectivity index (χ2v) is 4.54. The maximum atomic E-state index is 5.58. The SMILES string of the molecule is CC1=CC=C2OC(C)P=C2C1. The van der Waals surface area contributed by atoms with E-state index < -0.39 is 0 Å². The van der Waals surface area contributed by atoms with Crippen molar-refractivity contribution in [2.75, 3.05) is 0 Å². The molecule has 0 aromatic rings. The van der Waals surface area contributed by atoms with Crippen LogP contribution in [0.15, 0.2) is 23.5 Å². The zero-order valence-electron chi connectivity index (χ0n) is 6.79. The molecule has 0 aromatic carbocycles. The average molecular weight is 166 g/mol. The summed E-state index contributed by atoms with van der Waals surface area (Å²) in [5, 5.41) is 1.46. The molecule has 0 bridgehead atoms. The Morgan fingerprint density at radius 2 is 2.36 bits per heavy atom. The number of fused-ring (bicyclic) bond motifs is 1. The molecule has 0 aromatic heterocycles. The van der Waals surface area contributed by atoms with Crippen LogP contribution in [0, 0.1) is 0 Å². The van der Waals surface area contributed by atoms with Crippen molar-refractivity contribution in [1.82, 2.24) is 0 Å². The maximum absolute atomic E-state index is 5.58. The molecule has 58 valence electrons. The zero-order valence-corrected chi connectivity index (χ0v) is 7.69. The molecule has 1 nitrogen and oxygen atoms in total. The van der Waals surface area contributed by atoms with E-state index in [0.717, 1.165) is 12.2 Å². The van der Waals surface area contributed by atoms with E-state index in [1.54, 1.807) is 0 Å². The number of allylic oxidation sites excluding steroid dienone is 4. The number of ether oxygens (including phenoxy) is 1. The molecule has 1 aliphatic carbocycles. The van der Waals surface area contributed by atoms with Gasteiger partial charge in [-0.3, -0.25) is 0 Å². The van der Waals surface area contributed by atoms with Gasteiger partial charge in [0.25, 0.3) is 0 Å². The van der Waals surface area contributed by atoms with Crippen molar-refractivity contribution in [3.8, 4) is 0 Å². The topological polar surface area (TPSA) is 9.23 Å². The van der Waals surface area contributed by atoms with Gasteiger partial charge in [-0.05, 0) is 19.9 Å². The summed E-state index contributed by atoms with van der Waals surface area (Å²) < 4.78 is 5.58. The fraction of sp³-hybridized carbons (Fsp3) is 0.444.